The Morgan fingerprint density at radius 3 is 2.73 bits per heavy atom. The topological polar surface area (TPSA) is 101 Å². The highest BCUT2D eigenvalue weighted by Crippen LogP contribution is 2.39. The van der Waals surface area contributed by atoms with Crippen LogP contribution in [0.15, 0.2) is 60.9 Å². The van der Waals surface area contributed by atoms with Gasteiger partial charge in [0.25, 0.3) is 0 Å². The van der Waals surface area contributed by atoms with E-state index in [9.17, 15) is 4.79 Å². The Balaban J connectivity index is 1.30. The lowest BCUT2D eigenvalue weighted by molar-refractivity contribution is -0.120. The van der Waals surface area contributed by atoms with Crippen molar-refractivity contribution in [2.75, 3.05) is 23.7 Å². The number of ether oxygens (including phenoxy) is 1. The molecule has 0 bridgehead atoms. The lowest BCUT2D eigenvalue weighted by Crippen LogP contribution is -2.38. The zero-order valence-electron chi connectivity index (χ0n) is 23.1. The van der Waals surface area contributed by atoms with Gasteiger partial charge in [0.1, 0.15) is 5.75 Å². The summed E-state index contributed by atoms with van der Waals surface area (Å²) in [5.74, 6) is 2.36. The number of rotatable bonds is 7. The number of carbonyl (C=O) groups excluding carboxylic acids is 1. The molecule has 2 aromatic heterocycles. The Kier molecular flexibility index (Phi) is 7.60. The number of aromatic nitrogens is 3. The molecule has 40 heavy (non-hydrogen) atoms. The second kappa shape index (κ2) is 11.6. The van der Waals surface area contributed by atoms with E-state index in [1.54, 1.807) is 12.4 Å². The highest BCUT2D eigenvalue weighted by Gasteiger charge is 2.30. The zero-order chi connectivity index (χ0) is 27.5. The number of fused-ring (bicyclic) bond motifs is 1. The van der Waals surface area contributed by atoms with E-state index in [0.29, 0.717) is 29.5 Å². The Labute approximate surface area is 235 Å². The van der Waals surface area contributed by atoms with E-state index in [-0.39, 0.29) is 11.8 Å². The van der Waals surface area contributed by atoms with Crippen LogP contribution in [0.2, 0.25) is 0 Å². The SMILES string of the molecule is Cc1ccc2c(NC(=O)[C@H]3CCCC3C)cccc2c1Oc1ncccc1-c1ccnc(N[C@H]2CCCNC2)n1. The fourth-order valence-corrected chi connectivity index (χ4v) is 5.94. The van der Waals surface area contributed by atoms with E-state index in [0.717, 1.165) is 78.5 Å². The van der Waals surface area contributed by atoms with Crippen LogP contribution in [-0.4, -0.2) is 40.0 Å². The molecule has 1 saturated heterocycles. The van der Waals surface area contributed by atoms with Gasteiger partial charge < -0.3 is 20.7 Å². The van der Waals surface area contributed by atoms with E-state index in [1.165, 1.54) is 0 Å². The van der Waals surface area contributed by atoms with Crippen molar-refractivity contribution in [1.82, 2.24) is 20.3 Å². The number of hydrogen-bond donors (Lipinski definition) is 3. The summed E-state index contributed by atoms with van der Waals surface area (Å²) in [5.41, 5.74) is 3.30. The number of anilines is 2. The number of amides is 1. The predicted molar refractivity (Wildman–Crippen MR) is 159 cm³/mol. The van der Waals surface area contributed by atoms with E-state index < -0.39 is 0 Å². The molecule has 0 spiro atoms. The number of nitrogens with one attached hydrogen (secondary N) is 3. The summed E-state index contributed by atoms with van der Waals surface area (Å²) in [5, 5.41) is 11.9. The summed E-state index contributed by atoms with van der Waals surface area (Å²) in [7, 11) is 0. The van der Waals surface area contributed by atoms with Crippen molar-refractivity contribution in [3.63, 3.8) is 0 Å². The van der Waals surface area contributed by atoms with Crippen molar-refractivity contribution >= 4 is 28.3 Å². The molecule has 3 heterocycles. The van der Waals surface area contributed by atoms with Crippen molar-refractivity contribution in [3.8, 4) is 22.9 Å². The molecule has 1 aliphatic heterocycles. The van der Waals surface area contributed by atoms with Crippen LogP contribution in [0, 0.1) is 18.8 Å². The largest absolute Gasteiger partial charge is 0.437 e. The predicted octanol–water partition coefficient (Wildman–Crippen LogP) is 6.33. The summed E-state index contributed by atoms with van der Waals surface area (Å²) in [6.45, 7) is 6.14. The van der Waals surface area contributed by atoms with Gasteiger partial charge in [-0.15, -0.1) is 0 Å². The van der Waals surface area contributed by atoms with Crippen LogP contribution >= 0.6 is 0 Å². The normalized spacial score (nSPS) is 20.8. The molecule has 3 atom stereocenters. The smallest absolute Gasteiger partial charge is 0.228 e. The Bertz CT molecular complexity index is 1520. The van der Waals surface area contributed by atoms with Crippen molar-refractivity contribution in [2.24, 2.45) is 11.8 Å². The van der Waals surface area contributed by atoms with Gasteiger partial charge in [0, 0.05) is 47.4 Å². The zero-order valence-corrected chi connectivity index (χ0v) is 23.1. The fourth-order valence-electron chi connectivity index (χ4n) is 5.94. The molecule has 3 N–H and O–H groups in total. The molecule has 0 radical (unpaired) electrons. The second-order valence-corrected chi connectivity index (χ2v) is 11.0. The van der Waals surface area contributed by atoms with Crippen molar-refractivity contribution < 1.29 is 9.53 Å². The van der Waals surface area contributed by atoms with Crippen molar-refractivity contribution in [2.45, 2.75) is 52.0 Å². The molecule has 8 nitrogen and oxygen atoms in total. The van der Waals surface area contributed by atoms with Gasteiger partial charge in [0.05, 0.1) is 11.3 Å². The molecule has 2 aliphatic rings. The molecular weight excluding hydrogens is 500 g/mol. The first-order valence-electron chi connectivity index (χ1n) is 14.3. The third-order valence-electron chi connectivity index (χ3n) is 8.20. The van der Waals surface area contributed by atoms with Crippen LogP contribution in [-0.2, 0) is 4.79 Å². The average molecular weight is 537 g/mol. The number of piperidine rings is 1. The van der Waals surface area contributed by atoms with Gasteiger partial charge in [0.2, 0.25) is 17.7 Å². The Morgan fingerprint density at radius 2 is 1.90 bits per heavy atom. The molecule has 1 aliphatic carbocycles. The van der Waals surface area contributed by atoms with E-state index in [2.05, 4.69) is 32.8 Å². The average Bonchev–Trinajstić information content (AvgIpc) is 3.41. The highest BCUT2D eigenvalue weighted by molar-refractivity contribution is 6.05. The quantitative estimate of drug-likeness (QED) is 0.254. The molecule has 2 fully saturated rings. The Hall–Kier alpha value is -4.04. The number of hydrogen-bond acceptors (Lipinski definition) is 7. The maximum atomic E-state index is 13.1. The second-order valence-electron chi connectivity index (χ2n) is 11.0. The fraction of sp³-hybridized carbons (Fsp3) is 0.375. The molecule has 1 saturated carbocycles. The highest BCUT2D eigenvalue weighted by atomic mass is 16.5. The van der Waals surface area contributed by atoms with Crippen LogP contribution < -0.4 is 20.7 Å². The van der Waals surface area contributed by atoms with Crippen LogP contribution in [0.5, 0.6) is 11.6 Å². The molecule has 6 rings (SSSR count). The van der Waals surface area contributed by atoms with Gasteiger partial charge in [-0.2, -0.15) is 0 Å². The van der Waals surface area contributed by atoms with Crippen LogP contribution in [0.25, 0.3) is 22.0 Å². The minimum Gasteiger partial charge on any atom is -0.437 e. The summed E-state index contributed by atoms with van der Waals surface area (Å²) in [4.78, 5) is 26.9. The summed E-state index contributed by atoms with van der Waals surface area (Å²) >= 11 is 0. The molecule has 2 aromatic carbocycles. The first-order chi connectivity index (χ1) is 19.6. The van der Waals surface area contributed by atoms with Gasteiger partial charge in [-0.25, -0.2) is 15.0 Å². The molecule has 1 amide bonds. The molecule has 1 unspecified atom stereocenters. The van der Waals surface area contributed by atoms with E-state index in [1.807, 2.05) is 55.5 Å². The molecular formula is C32H36N6O2. The summed E-state index contributed by atoms with van der Waals surface area (Å²) < 4.78 is 6.56. The number of carbonyl (C=O) groups is 1. The third kappa shape index (κ3) is 5.49. The first kappa shape index (κ1) is 26.2. The van der Waals surface area contributed by atoms with Crippen LogP contribution in [0.1, 0.15) is 44.6 Å². The lowest BCUT2D eigenvalue weighted by atomic mass is 9.97. The van der Waals surface area contributed by atoms with Gasteiger partial charge >= 0.3 is 0 Å². The van der Waals surface area contributed by atoms with E-state index in [4.69, 9.17) is 9.72 Å². The maximum Gasteiger partial charge on any atom is 0.228 e. The Morgan fingerprint density at radius 1 is 0.975 bits per heavy atom. The number of benzene rings is 2. The molecule has 8 heteroatoms. The maximum absolute atomic E-state index is 13.1. The van der Waals surface area contributed by atoms with Crippen molar-refractivity contribution in [1.29, 1.82) is 0 Å². The molecule has 206 valence electrons. The van der Waals surface area contributed by atoms with Gasteiger partial charge in [-0.1, -0.05) is 37.6 Å². The van der Waals surface area contributed by atoms with Crippen LogP contribution in [0.3, 0.4) is 0 Å². The number of nitrogens with zero attached hydrogens (tertiary/aromatic N) is 3. The van der Waals surface area contributed by atoms with E-state index >= 15 is 0 Å². The van der Waals surface area contributed by atoms with Gasteiger partial charge in [0.15, 0.2) is 0 Å². The standard InChI is InChI=1S/C32H36N6O2/c1-20-7-3-9-23(20)30(39)37-27-12-4-10-25-24(27)14-13-21(2)29(25)40-31-26(11-6-17-34-31)28-15-18-35-32(38-28)36-22-8-5-16-33-19-22/h4,6,10-15,17-18,20,22-23,33H,3,5,7-9,16,19H2,1-2H3,(H,37,39)(H,35,36,38)/t20?,22-,23-/m0/s1. The first-order valence-corrected chi connectivity index (χ1v) is 14.3. The summed E-state index contributed by atoms with van der Waals surface area (Å²) in [6.07, 6.45) is 8.88. The third-order valence-corrected chi connectivity index (χ3v) is 8.20. The minimum atomic E-state index is 0.0640. The number of pyridine rings is 1. The number of aryl methyl sites for hydroxylation is 1. The lowest BCUT2D eigenvalue weighted by Gasteiger charge is -2.23. The van der Waals surface area contributed by atoms with Gasteiger partial charge in [-0.05, 0) is 74.9 Å². The van der Waals surface area contributed by atoms with Gasteiger partial charge in [-0.3, -0.25) is 4.79 Å². The minimum absolute atomic E-state index is 0.0640. The monoisotopic (exact) mass is 536 g/mol. The summed E-state index contributed by atoms with van der Waals surface area (Å²) in [6, 6.07) is 16.1. The molecule has 4 aromatic rings. The van der Waals surface area contributed by atoms with Crippen molar-refractivity contribution in [3.05, 3.63) is 66.5 Å². The van der Waals surface area contributed by atoms with Crippen LogP contribution in [0.4, 0.5) is 11.6 Å².